The minimum Gasteiger partial charge on any atom is -0.295 e. The van der Waals surface area contributed by atoms with Gasteiger partial charge in [0.2, 0.25) is 0 Å². The molecule has 1 atom stereocenters. The molecule has 44 heavy (non-hydrogen) atoms. The van der Waals surface area contributed by atoms with Crippen molar-refractivity contribution < 1.29 is 0 Å². The van der Waals surface area contributed by atoms with E-state index in [9.17, 15) is 0 Å². The lowest BCUT2D eigenvalue weighted by atomic mass is 9.80. The first-order valence-electron chi connectivity index (χ1n) is 14.9. The first kappa shape index (κ1) is 26.0. The van der Waals surface area contributed by atoms with E-state index < -0.39 is 0 Å². The van der Waals surface area contributed by atoms with E-state index in [1.807, 2.05) is 43.3 Å². The Morgan fingerprint density at radius 1 is 0.614 bits per heavy atom. The fourth-order valence-corrected chi connectivity index (χ4v) is 6.30. The topological polar surface area (TPSA) is 56.5 Å². The van der Waals surface area contributed by atoms with Crippen LogP contribution in [-0.4, -0.2) is 24.5 Å². The lowest BCUT2D eigenvalue weighted by Gasteiger charge is -2.32. The number of benzene rings is 3. The molecule has 0 N–H and O–H groups in total. The molecule has 0 amide bonds. The summed E-state index contributed by atoms with van der Waals surface area (Å²) in [5.74, 6) is 1.33. The van der Waals surface area contributed by atoms with Crippen LogP contribution < -0.4 is 0 Å². The first-order chi connectivity index (χ1) is 21.7. The van der Waals surface area contributed by atoms with Crippen molar-refractivity contribution in [1.82, 2.24) is 24.5 Å². The van der Waals surface area contributed by atoms with Crippen LogP contribution in [-0.2, 0) is 0 Å². The van der Waals surface area contributed by atoms with Gasteiger partial charge in [-0.2, -0.15) is 0 Å². The molecule has 2 aliphatic rings. The second kappa shape index (κ2) is 10.9. The summed E-state index contributed by atoms with van der Waals surface area (Å²) in [7, 11) is 0. The number of allylic oxidation sites excluding steroid dienone is 4. The van der Waals surface area contributed by atoms with Crippen LogP contribution in [0.4, 0.5) is 0 Å². The summed E-state index contributed by atoms with van der Waals surface area (Å²) in [6.45, 7) is 1.98. The number of hydrogen-bond acceptors (Lipinski definition) is 4. The predicted molar refractivity (Wildman–Crippen MR) is 179 cm³/mol. The van der Waals surface area contributed by atoms with E-state index in [4.69, 9.17) is 9.97 Å². The Morgan fingerprint density at radius 3 is 2.30 bits per heavy atom. The van der Waals surface area contributed by atoms with Gasteiger partial charge in [-0.25, -0.2) is 9.97 Å². The average Bonchev–Trinajstić information content (AvgIpc) is 3.49. The second-order valence-electron chi connectivity index (χ2n) is 11.2. The molecule has 7 aromatic rings. The maximum Gasteiger partial charge on any atom is 0.145 e. The molecule has 1 aliphatic heterocycles. The van der Waals surface area contributed by atoms with Crippen LogP contribution in [0.15, 0.2) is 140 Å². The number of imidazole rings is 1. The lowest BCUT2D eigenvalue weighted by Crippen LogP contribution is -2.18. The van der Waals surface area contributed by atoms with Crippen LogP contribution in [0.3, 0.4) is 0 Å². The van der Waals surface area contributed by atoms with Crippen molar-refractivity contribution in [3.05, 3.63) is 157 Å². The molecule has 210 valence electrons. The Bertz CT molecular complexity index is 2230. The number of aromatic nitrogens is 5. The summed E-state index contributed by atoms with van der Waals surface area (Å²) < 4.78 is 2.35. The van der Waals surface area contributed by atoms with E-state index in [-0.39, 0.29) is 5.92 Å². The Hall–Kier alpha value is -5.68. The van der Waals surface area contributed by atoms with Gasteiger partial charge in [-0.15, -0.1) is 0 Å². The van der Waals surface area contributed by atoms with Crippen molar-refractivity contribution in [3.63, 3.8) is 0 Å². The summed E-state index contributed by atoms with van der Waals surface area (Å²) in [6, 6.07) is 41.5. The van der Waals surface area contributed by atoms with Gasteiger partial charge < -0.3 is 0 Å². The number of nitrogens with zero attached hydrogens (tertiary/aromatic N) is 5. The van der Waals surface area contributed by atoms with Crippen LogP contribution in [0.5, 0.6) is 0 Å². The van der Waals surface area contributed by atoms with Crippen molar-refractivity contribution in [1.29, 1.82) is 0 Å². The van der Waals surface area contributed by atoms with Gasteiger partial charge in [-0.05, 0) is 79.1 Å². The van der Waals surface area contributed by atoms with Gasteiger partial charge in [0.15, 0.2) is 0 Å². The van der Waals surface area contributed by atoms with E-state index in [1.165, 1.54) is 33.3 Å². The van der Waals surface area contributed by atoms with Crippen molar-refractivity contribution in [2.75, 3.05) is 0 Å². The zero-order chi connectivity index (χ0) is 29.5. The van der Waals surface area contributed by atoms with Gasteiger partial charge in [0.1, 0.15) is 5.82 Å². The Morgan fingerprint density at radius 2 is 1.41 bits per heavy atom. The average molecular weight is 568 g/mol. The SMILES string of the molecule is C1=C(c2ccc3ccccc3n2)CC2C(=C1)n1c(nc3ccccc31)-c1ccccc12.Cc1cccc(-c2ccccn2)n1. The number of para-hydroxylation sites is 3. The molecule has 1 unspecified atom stereocenters. The summed E-state index contributed by atoms with van der Waals surface area (Å²) in [5, 5.41) is 1.18. The summed E-state index contributed by atoms with van der Waals surface area (Å²) in [5.41, 5.74) is 12.3. The zero-order valence-electron chi connectivity index (χ0n) is 24.3. The highest BCUT2D eigenvalue weighted by molar-refractivity contribution is 5.92. The number of fused-ring (bicyclic) bond motifs is 9. The van der Waals surface area contributed by atoms with Crippen LogP contribution in [0.2, 0.25) is 0 Å². The minimum atomic E-state index is 0.287. The monoisotopic (exact) mass is 567 g/mol. The molecule has 0 radical (unpaired) electrons. The van der Waals surface area contributed by atoms with Gasteiger partial charge in [-0.1, -0.05) is 78.9 Å². The third-order valence-corrected chi connectivity index (χ3v) is 8.38. The van der Waals surface area contributed by atoms with E-state index in [1.54, 1.807) is 6.20 Å². The summed E-state index contributed by atoms with van der Waals surface area (Å²) >= 11 is 0. The molecular formula is C39H29N5. The third-order valence-electron chi connectivity index (χ3n) is 8.38. The maximum absolute atomic E-state index is 4.99. The molecule has 0 fully saturated rings. The lowest BCUT2D eigenvalue weighted by molar-refractivity contribution is 0.812. The van der Waals surface area contributed by atoms with E-state index in [0.29, 0.717) is 0 Å². The van der Waals surface area contributed by atoms with E-state index in [2.05, 4.69) is 112 Å². The Balaban J connectivity index is 0.000000187. The highest BCUT2D eigenvalue weighted by atomic mass is 15.1. The van der Waals surface area contributed by atoms with E-state index in [0.717, 1.165) is 46.1 Å². The molecule has 0 bridgehead atoms. The molecule has 5 heterocycles. The first-order valence-corrected chi connectivity index (χ1v) is 14.9. The fourth-order valence-electron chi connectivity index (χ4n) is 6.30. The van der Waals surface area contributed by atoms with Crippen molar-refractivity contribution in [3.8, 4) is 22.8 Å². The third kappa shape index (κ3) is 4.59. The number of hydrogen-bond donors (Lipinski definition) is 0. The molecule has 0 saturated carbocycles. The van der Waals surface area contributed by atoms with Gasteiger partial charge in [-0.3, -0.25) is 14.5 Å². The molecule has 9 rings (SSSR count). The second-order valence-corrected chi connectivity index (χ2v) is 11.2. The van der Waals surface area contributed by atoms with Crippen LogP contribution >= 0.6 is 0 Å². The molecule has 5 nitrogen and oxygen atoms in total. The van der Waals surface area contributed by atoms with Gasteiger partial charge in [0.25, 0.3) is 0 Å². The molecule has 3 aromatic carbocycles. The van der Waals surface area contributed by atoms with Gasteiger partial charge >= 0.3 is 0 Å². The van der Waals surface area contributed by atoms with Crippen LogP contribution in [0.25, 0.3) is 56.0 Å². The smallest absolute Gasteiger partial charge is 0.145 e. The quantitative estimate of drug-likeness (QED) is 0.209. The number of pyridine rings is 3. The largest absolute Gasteiger partial charge is 0.295 e. The number of rotatable bonds is 2. The highest BCUT2D eigenvalue weighted by Crippen LogP contribution is 2.49. The zero-order valence-corrected chi connectivity index (χ0v) is 24.3. The molecular weight excluding hydrogens is 538 g/mol. The minimum absolute atomic E-state index is 0.287. The van der Waals surface area contributed by atoms with Crippen LogP contribution in [0, 0.1) is 6.92 Å². The standard InChI is InChI=1S/C28H19N3.C11H10N2/c1-4-10-23-18(7-1)13-15-24(29-23)19-14-16-26-22(17-19)20-8-2-3-9-21(20)28-30-25-11-5-6-12-27(25)31(26)28;1-9-5-4-7-11(13-9)10-6-2-3-8-12-10/h1-16,22H,17H2;2-8H,1H3. The van der Waals surface area contributed by atoms with E-state index >= 15 is 0 Å². The molecule has 0 saturated heterocycles. The molecule has 5 heteroatoms. The Labute approximate surface area is 255 Å². The van der Waals surface area contributed by atoms with Gasteiger partial charge in [0, 0.05) is 34.5 Å². The highest BCUT2D eigenvalue weighted by Gasteiger charge is 2.33. The number of aryl methyl sites for hydroxylation is 1. The van der Waals surface area contributed by atoms with Crippen molar-refractivity contribution in [2.24, 2.45) is 0 Å². The van der Waals surface area contributed by atoms with Crippen LogP contribution in [0.1, 0.15) is 29.3 Å². The predicted octanol–water partition coefficient (Wildman–Crippen LogP) is 9.13. The molecule has 1 aliphatic carbocycles. The maximum atomic E-state index is 4.99. The van der Waals surface area contributed by atoms with Gasteiger partial charge in [0.05, 0.1) is 33.6 Å². The molecule has 4 aromatic heterocycles. The summed E-state index contributed by atoms with van der Waals surface area (Å²) in [4.78, 5) is 18.6. The Kier molecular flexibility index (Phi) is 6.42. The van der Waals surface area contributed by atoms with Crippen molar-refractivity contribution in [2.45, 2.75) is 19.3 Å². The fraction of sp³-hybridized carbons (Fsp3) is 0.0769. The summed E-state index contributed by atoms with van der Waals surface area (Å²) in [6.07, 6.45) is 7.23. The normalized spacial score (nSPS) is 14.9. The molecule has 0 spiro atoms. The van der Waals surface area contributed by atoms with Crippen molar-refractivity contribution >= 4 is 33.2 Å².